The summed E-state index contributed by atoms with van der Waals surface area (Å²) >= 11 is 0. The third-order valence-electron chi connectivity index (χ3n) is 4.01. The highest BCUT2D eigenvalue weighted by atomic mass is 16.3. The topological polar surface area (TPSA) is 91.3 Å². The van der Waals surface area contributed by atoms with Crippen molar-refractivity contribution in [1.82, 2.24) is 15.6 Å². The van der Waals surface area contributed by atoms with Crippen molar-refractivity contribution < 1.29 is 14.7 Å². The number of para-hydroxylation sites is 1. The van der Waals surface area contributed by atoms with Gasteiger partial charge in [-0.1, -0.05) is 42.5 Å². The number of hydrogen-bond acceptors (Lipinski definition) is 4. The van der Waals surface area contributed by atoms with E-state index in [1.165, 1.54) is 0 Å². The van der Waals surface area contributed by atoms with Crippen LogP contribution in [0.1, 0.15) is 15.9 Å². The third-order valence-corrected chi connectivity index (χ3v) is 4.01. The van der Waals surface area contributed by atoms with Crippen LogP contribution >= 0.6 is 0 Å². The molecule has 6 nitrogen and oxygen atoms in total. The molecule has 0 fully saturated rings. The van der Waals surface area contributed by atoms with E-state index < -0.39 is 24.5 Å². The van der Waals surface area contributed by atoms with Gasteiger partial charge in [0.2, 0.25) is 5.91 Å². The van der Waals surface area contributed by atoms with E-state index in [1.807, 2.05) is 30.3 Å². The molecule has 1 atom stereocenters. The molecule has 3 N–H and O–H groups in total. The maximum Gasteiger partial charge on any atom is 0.251 e. The largest absolute Gasteiger partial charge is 0.394 e. The van der Waals surface area contributed by atoms with E-state index in [1.54, 1.807) is 36.5 Å². The van der Waals surface area contributed by atoms with E-state index in [9.17, 15) is 14.7 Å². The molecular weight excluding hydrogens is 330 g/mol. The minimum absolute atomic E-state index is 0.255. The summed E-state index contributed by atoms with van der Waals surface area (Å²) in [5.41, 5.74) is 2.10. The van der Waals surface area contributed by atoms with Crippen LogP contribution in [0.3, 0.4) is 0 Å². The lowest BCUT2D eigenvalue weighted by Gasteiger charge is -2.16. The zero-order chi connectivity index (χ0) is 18.4. The Morgan fingerprint density at radius 2 is 1.77 bits per heavy atom. The van der Waals surface area contributed by atoms with Crippen LogP contribution in [0, 0.1) is 0 Å². The second-order valence-corrected chi connectivity index (χ2v) is 5.78. The quantitative estimate of drug-likeness (QED) is 0.631. The lowest BCUT2D eigenvalue weighted by atomic mass is 10.1. The highest BCUT2D eigenvalue weighted by Crippen LogP contribution is 2.15. The highest BCUT2D eigenvalue weighted by Gasteiger charge is 2.20. The molecule has 1 heterocycles. The Kier molecular flexibility index (Phi) is 5.56. The summed E-state index contributed by atoms with van der Waals surface area (Å²) in [5, 5.41) is 15.7. The van der Waals surface area contributed by atoms with Crippen molar-refractivity contribution >= 4 is 22.7 Å². The van der Waals surface area contributed by atoms with Gasteiger partial charge in [-0.2, -0.15) is 0 Å². The van der Waals surface area contributed by atoms with E-state index in [0.29, 0.717) is 5.56 Å². The molecule has 6 heteroatoms. The number of carbonyl (C=O) groups excluding carboxylic acids is 2. The number of hydrogen-bond donors (Lipinski definition) is 3. The molecule has 0 bridgehead atoms. The van der Waals surface area contributed by atoms with E-state index in [4.69, 9.17) is 0 Å². The number of pyridine rings is 1. The third kappa shape index (κ3) is 4.04. The van der Waals surface area contributed by atoms with Gasteiger partial charge in [-0.3, -0.25) is 14.6 Å². The van der Waals surface area contributed by atoms with Crippen LogP contribution in [0.4, 0.5) is 0 Å². The van der Waals surface area contributed by atoms with Gasteiger partial charge in [0.15, 0.2) is 0 Å². The zero-order valence-electron chi connectivity index (χ0n) is 14.1. The summed E-state index contributed by atoms with van der Waals surface area (Å²) < 4.78 is 0. The van der Waals surface area contributed by atoms with Gasteiger partial charge in [0.05, 0.1) is 12.1 Å². The summed E-state index contributed by atoms with van der Waals surface area (Å²) in [4.78, 5) is 28.8. The van der Waals surface area contributed by atoms with Gasteiger partial charge < -0.3 is 15.7 Å². The molecular formula is C20H19N3O3. The van der Waals surface area contributed by atoms with Crippen molar-refractivity contribution in [2.45, 2.75) is 12.6 Å². The molecule has 2 amide bonds. The predicted molar refractivity (Wildman–Crippen MR) is 98.4 cm³/mol. The first-order chi connectivity index (χ1) is 12.7. The van der Waals surface area contributed by atoms with Gasteiger partial charge >= 0.3 is 0 Å². The van der Waals surface area contributed by atoms with Gasteiger partial charge in [0, 0.05) is 23.7 Å². The summed E-state index contributed by atoms with van der Waals surface area (Å²) in [7, 11) is 0. The van der Waals surface area contributed by atoms with Gasteiger partial charge in [0.25, 0.3) is 5.91 Å². The van der Waals surface area contributed by atoms with Gasteiger partial charge in [0.1, 0.15) is 6.04 Å². The Balaban J connectivity index is 1.65. The molecule has 0 spiro atoms. The Hall–Kier alpha value is -3.25. The maximum absolute atomic E-state index is 12.3. The van der Waals surface area contributed by atoms with Crippen molar-refractivity contribution in [2.24, 2.45) is 0 Å². The normalized spacial score (nSPS) is 11.7. The number of aromatic nitrogens is 1. The van der Waals surface area contributed by atoms with Crippen LogP contribution < -0.4 is 10.6 Å². The van der Waals surface area contributed by atoms with E-state index in [-0.39, 0.29) is 6.54 Å². The summed E-state index contributed by atoms with van der Waals surface area (Å²) in [6.07, 6.45) is 1.70. The van der Waals surface area contributed by atoms with Crippen molar-refractivity contribution in [3.8, 4) is 0 Å². The van der Waals surface area contributed by atoms with E-state index >= 15 is 0 Å². The standard InChI is InChI=1S/C20H19N3O3/c24-13-17(23-19(25)15-6-2-1-3-7-15)20(26)22-12-16-9-4-8-14-10-5-11-21-18(14)16/h1-11,17,24H,12-13H2,(H,22,26)(H,23,25). The van der Waals surface area contributed by atoms with Crippen LogP contribution in [-0.4, -0.2) is 34.6 Å². The summed E-state index contributed by atoms with van der Waals surface area (Å²) in [6, 6.07) is 17.1. The monoisotopic (exact) mass is 349 g/mol. The summed E-state index contributed by atoms with van der Waals surface area (Å²) in [5.74, 6) is -0.864. The molecule has 3 rings (SSSR count). The lowest BCUT2D eigenvalue weighted by Crippen LogP contribution is -2.48. The number of benzene rings is 2. The molecule has 1 unspecified atom stereocenters. The minimum Gasteiger partial charge on any atom is -0.394 e. The number of aliphatic hydroxyl groups excluding tert-OH is 1. The smallest absolute Gasteiger partial charge is 0.251 e. The number of rotatable bonds is 6. The Morgan fingerprint density at radius 3 is 2.54 bits per heavy atom. The zero-order valence-corrected chi connectivity index (χ0v) is 14.1. The number of aliphatic hydroxyl groups is 1. The molecule has 0 saturated heterocycles. The number of amides is 2. The SMILES string of the molecule is O=C(NC(CO)C(=O)NCc1cccc2cccnc12)c1ccccc1. The fourth-order valence-electron chi connectivity index (χ4n) is 2.64. The van der Waals surface area contributed by atoms with Crippen LogP contribution in [-0.2, 0) is 11.3 Å². The minimum atomic E-state index is -1.02. The van der Waals surface area contributed by atoms with Crippen molar-refractivity contribution in [1.29, 1.82) is 0 Å². The first kappa shape index (κ1) is 17.6. The first-order valence-corrected chi connectivity index (χ1v) is 8.26. The fraction of sp³-hybridized carbons (Fsp3) is 0.150. The second kappa shape index (κ2) is 8.22. The molecule has 0 aliphatic carbocycles. The molecule has 1 aromatic heterocycles. The second-order valence-electron chi connectivity index (χ2n) is 5.78. The highest BCUT2D eigenvalue weighted by molar-refractivity contribution is 5.97. The van der Waals surface area contributed by atoms with Crippen LogP contribution in [0.25, 0.3) is 10.9 Å². The Labute approximate surface area is 150 Å². The van der Waals surface area contributed by atoms with Gasteiger partial charge in [-0.05, 0) is 23.8 Å². The Bertz CT molecular complexity index is 907. The lowest BCUT2D eigenvalue weighted by molar-refractivity contribution is -0.124. The Morgan fingerprint density at radius 1 is 1.00 bits per heavy atom. The molecule has 132 valence electrons. The van der Waals surface area contributed by atoms with Crippen LogP contribution in [0.2, 0.25) is 0 Å². The summed E-state index contributed by atoms with van der Waals surface area (Å²) in [6.45, 7) is -0.233. The molecule has 0 aliphatic heterocycles. The number of nitrogens with one attached hydrogen (secondary N) is 2. The van der Waals surface area contributed by atoms with Gasteiger partial charge in [-0.15, -0.1) is 0 Å². The van der Waals surface area contributed by atoms with Crippen molar-refractivity contribution in [3.05, 3.63) is 78.0 Å². The van der Waals surface area contributed by atoms with Crippen molar-refractivity contribution in [3.63, 3.8) is 0 Å². The molecule has 3 aromatic rings. The molecule has 2 aromatic carbocycles. The average molecular weight is 349 g/mol. The van der Waals surface area contributed by atoms with E-state index in [0.717, 1.165) is 16.5 Å². The number of fused-ring (bicyclic) bond motifs is 1. The fourth-order valence-corrected chi connectivity index (χ4v) is 2.64. The van der Waals surface area contributed by atoms with Crippen molar-refractivity contribution in [2.75, 3.05) is 6.61 Å². The first-order valence-electron chi connectivity index (χ1n) is 8.26. The maximum atomic E-state index is 12.3. The molecule has 0 saturated carbocycles. The molecule has 0 radical (unpaired) electrons. The number of nitrogens with zero attached hydrogens (tertiary/aromatic N) is 1. The van der Waals surface area contributed by atoms with Crippen LogP contribution in [0.5, 0.6) is 0 Å². The number of carbonyl (C=O) groups is 2. The predicted octanol–water partition coefficient (Wildman–Crippen LogP) is 1.64. The molecule has 0 aliphatic rings. The molecule has 26 heavy (non-hydrogen) atoms. The average Bonchev–Trinajstić information content (AvgIpc) is 2.70. The van der Waals surface area contributed by atoms with Gasteiger partial charge in [-0.25, -0.2) is 0 Å². The van der Waals surface area contributed by atoms with Crippen LogP contribution in [0.15, 0.2) is 66.9 Å². The van der Waals surface area contributed by atoms with E-state index in [2.05, 4.69) is 15.6 Å².